The van der Waals surface area contributed by atoms with Crippen molar-refractivity contribution in [3.8, 4) is 5.75 Å². The number of halogens is 1. The molecule has 3 aromatic carbocycles. The second-order valence-electron chi connectivity index (χ2n) is 6.29. The Morgan fingerprint density at radius 1 is 0.793 bits per heavy atom. The molecule has 146 valence electrons. The van der Waals surface area contributed by atoms with Crippen LogP contribution in [0.3, 0.4) is 0 Å². The Hall–Kier alpha value is -3.00. The fraction of sp³-hybridized carbons (Fsp3) is 0.0870. The highest BCUT2D eigenvalue weighted by molar-refractivity contribution is 14.1. The standard InChI is InChI=1S/C23H17IO5/c1-15-5-7-17(8-6-15)23(27)29-20-11-9-16(10-12-20)21(25)14-28-22(26)18-3-2-4-19(24)13-18/h2-13H,14H2,1H3. The number of carbonyl (C=O) groups is 3. The van der Waals surface area contributed by atoms with E-state index in [2.05, 4.69) is 22.6 Å². The predicted molar refractivity (Wildman–Crippen MR) is 116 cm³/mol. The highest BCUT2D eigenvalue weighted by Gasteiger charge is 2.13. The summed E-state index contributed by atoms with van der Waals surface area (Å²) in [6, 6.07) is 20.1. The Labute approximate surface area is 181 Å². The second kappa shape index (κ2) is 9.47. The number of hydrogen-bond donors (Lipinski definition) is 0. The normalized spacial score (nSPS) is 10.3. The van der Waals surface area contributed by atoms with Crippen molar-refractivity contribution < 1.29 is 23.9 Å². The van der Waals surface area contributed by atoms with E-state index in [0.29, 0.717) is 22.4 Å². The smallest absolute Gasteiger partial charge is 0.343 e. The molecular weight excluding hydrogens is 483 g/mol. The number of benzene rings is 3. The molecule has 0 aliphatic carbocycles. The molecule has 0 amide bonds. The van der Waals surface area contributed by atoms with Gasteiger partial charge in [0.1, 0.15) is 5.75 Å². The molecule has 0 radical (unpaired) electrons. The van der Waals surface area contributed by atoms with Crippen molar-refractivity contribution in [1.29, 1.82) is 0 Å². The minimum atomic E-state index is -0.555. The number of aryl methyl sites for hydroxylation is 1. The Morgan fingerprint density at radius 3 is 2.10 bits per heavy atom. The first-order valence-corrected chi connectivity index (χ1v) is 9.85. The lowest BCUT2D eigenvalue weighted by atomic mass is 10.1. The maximum Gasteiger partial charge on any atom is 0.343 e. The third-order valence-electron chi connectivity index (χ3n) is 4.07. The van der Waals surface area contributed by atoms with Gasteiger partial charge < -0.3 is 9.47 Å². The zero-order chi connectivity index (χ0) is 20.8. The third kappa shape index (κ3) is 5.74. The molecule has 0 atom stereocenters. The summed E-state index contributed by atoms with van der Waals surface area (Å²) in [5, 5.41) is 0. The maximum atomic E-state index is 12.2. The van der Waals surface area contributed by atoms with Crippen LogP contribution in [0.25, 0.3) is 0 Å². The van der Waals surface area contributed by atoms with E-state index in [1.807, 2.05) is 25.1 Å². The van der Waals surface area contributed by atoms with Crippen molar-refractivity contribution in [2.24, 2.45) is 0 Å². The van der Waals surface area contributed by atoms with E-state index >= 15 is 0 Å². The Morgan fingerprint density at radius 2 is 1.45 bits per heavy atom. The minimum Gasteiger partial charge on any atom is -0.454 e. The van der Waals surface area contributed by atoms with Crippen molar-refractivity contribution >= 4 is 40.3 Å². The number of hydrogen-bond acceptors (Lipinski definition) is 5. The van der Waals surface area contributed by atoms with Crippen LogP contribution < -0.4 is 4.74 Å². The van der Waals surface area contributed by atoms with E-state index in [-0.39, 0.29) is 12.4 Å². The Bertz CT molecular complexity index is 1040. The summed E-state index contributed by atoms with van der Waals surface area (Å²) in [7, 11) is 0. The lowest BCUT2D eigenvalue weighted by molar-refractivity contribution is 0.0474. The molecule has 0 saturated heterocycles. The second-order valence-corrected chi connectivity index (χ2v) is 7.54. The monoisotopic (exact) mass is 500 g/mol. The highest BCUT2D eigenvalue weighted by Crippen LogP contribution is 2.16. The number of carbonyl (C=O) groups excluding carboxylic acids is 3. The van der Waals surface area contributed by atoms with E-state index in [1.165, 1.54) is 24.3 Å². The fourth-order valence-electron chi connectivity index (χ4n) is 2.48. The third-order valence-corrected chi connectivity index (χ3v) is 4.74. The molecule has 0 aliphatic heterocycles. The molecule has 5 nitrogen and oxygen atoms in total. The summed E-state index contributed by atoms with van der Waals surface area (Å²) < 4.78 is 11.3. The molecule has 0 unspecified atom stereocenters. The SMILES string of the molecule is Cc1ccc(C(=O)Oc2ccc(C(=O)COC(=O)c3cccc(I)c3)cc2)cc1. The van der Waals surface area contributed by atoms with Crippen molar-refractivity contribution in [2.75, 3.05) is 6.61 Å². The van der Waals surface area contributed by atoms with E-state index in [4.69, 9.17) is 9.47 Å². The van der Waals surface area contributed by atoms with Crippen LogP contribution in [0.5, 0.6) is 5.75 Å². The Kier molecular flexibility index (Phi) is 6.77. The molecule has 0 fully saturated rings. The molecule has 0 N–H and O–H groups in total. The summed E-state index contributed by atoms with van der Waals surface area (Å²) in [5.41, 5.74) is 2.24. The van der Waals surface area contributed by atoms with Gasteiger partial charge in [-0.15, -0.1) is 0 Å². The van der Waals surface area contributed by atoms with Crippen LogP contribution in [0.1, 0.15) is 36.6 Å². The van der Waals surface area contributed by atoms with Gasteiger partial charge in [-0.2, -0.15) is 0 Å². The van der Waals surface area contributed by atoms with Crippen molar-refractivity contribution in [2.45, 2.75) is 6.92 Å². The van der Waals surface area contributed by atoms with Crippen molar-refractivity contribution in [3.63, 3.8) is 0 Å². The minimum absolute atomic E-state index is 0.322. The first kappa shape index (κ1) is 20.7. The van der Waals surface area contributed by atoms with Gasteiger partial charge in [0.25, 0.3) is 0 Å². The van der Waals surface area contributed by atoms with Gasteiger partial charge in [0.05, 0.1) is 11.1 Å². The van der Waals surface area contributed by atoms with E-state index in [1.54, 1.807) is 30.3 Å². The predicted octanol–water partition coefficient (Wildman–Crippen LogP) is 4.86. The molecule has 0 bridgehead atoms. The summed E-state index contributed by atoms with van der Waals surface area (Å²) >= 11 is 2.10. The number of Topliss-reactive ketones (excluding diaryl/α,β-unsaturated/α-hetero) is 1. The van der Waals surface area contributed by atoms with Crippen molar-refractivity contribution in [3.05, 3.63) is 98.6 Å². The molecule has 0 spiro atoms. The number of esters is 2. The van der Waals surface area contributed by atoms with Gasteiger partial charge in [0.2, 0.25) is 0 Å². The average molecular weight is 500 g/mol. The van der Waals surface area contributed by atoms with Gasteiger partial charge in [-0.25, -0.2) is 9.59 Å². The van der Waals surface area contributed by atoms with Gasteiger partial charge in [-0.3, -0.25) is 4.79 Å². The number of ether oxygens (including phenoxy) is 2. The number of rotatable bonds is 6. The molecule has 3 aromatic rings. The fourth-order valence-corrected chi connectivity index (χ4v) is 3.02. The molecule has 0 aromatic heterocycles. The van der Waals surface area contributed by atoms with Gasteiger partial charge in [0, 0.05) is 9.13 Å². The first-order chi connectivity index (χ1) is 13.9. The number of ketones is 1. The Balaban J connectivity index is 1.56. The zero-order valence-corrected chi connectivity index (χ0v) is 17.7. The van der Waals surface area contributed by atoms with Crippen LogP contribution in [-0.4, -0.2) is 24.3 Å². The van der Waals surface area contributed by atoms with E-state index in [9.17, 15) is 14.4 Å². The maximum absolute atomic E-state index is 12.2. The van der Waals surface area contributed by atoms with Crippen LogP contribution in [-0.2, 0) is 4.74 Å². The quantitative estimate of drug-likeness (QED) is 0.209. The van der Waals surface area contributed by atoms with Gasteiger partial charge >= 0.3 is 11.9 Å². The van der Waals surface area contributed by atoms with Crippen LogP contribution in [0, 0.1) is 10.5 Å². The van der Waals surface area contributed by atoms with Crippen LogP contribution in [0.15, 0.2) is 72.8 Å². The summed E-state index contributed by atoms with van der Waals surface area (Å²) in [6.07, 6.45) is 0. The molecule has 29 heavy (non-hydrogen) atoms. The molecular formula is C23H17IO5. The van der Waals surface area contributed by atoms with Crippen molar-refractivity contribution in [1.82, 2.24) is 0 Å². The average Bonchev–Trinajstić information content (AvgIpc) is 2.72. The highest BCUT2D eigenvalue weighted by atomic mass is 127. The van der Waals surface area contributed by atoms with Gasteiger partial charge in [0.15, 0.2) is 12.4 Å². The summed E-state index contributed by atoms with van der Waals surface area (Å²) in [4.78, 5) is 36.4. The largest absolute Gasteiger partial charge is 0.454 e. The van der Waals surface area contributed by atoms with Gasteiger partial charge in [-0.05, 0) is 84.1 Å². The lowest BCUT2D eigenvalue weighted by Crippen LogP contribution is -2.14. The molecule has 0 aliphatic rings. The van der Waals surface area contributed by atoms with Crippen LogP contribution in [0.2, 0.25) is 0 Å². The summed E-state index contributed by atoms with van der Waals surface area (Å²) in [5.74, 6) is -1.06. The van der Waals surface area contributed by atoms with Crippen LogP contribution in [0.4, 0.5) is 0 Å². The zero-order valence-electron chi connectivity index (χ0n) is 15.6. The first-order valence-electron chi connectivity index (χ1n) is 8.77. The topological polar surface area (TPSA) is 69.7 Å². The van der Waals surface area contributed by atoms with E-state index < -0.39 is 11.9 Å². The van der Waals surface area contributed by atoms with Crippen LogP contribution >= 0.6 is 22.6 Å². The summed E-state index contributed by atoms with van der Waals surface area (Å²) in [6.45, 7) is 1.56. The lowest BCUT2D eigenvalue weighted by Gasteiger charge is -2.07. The van der Waals surface area contributed by atoms with Gasteiger partial charge in [-0.1, -0.05) is 23.8 Å². The molecule has 0 saturated carbocycles. The molecule has 3 rings (SSSR count). The molecule has 0 heterocycles. The molecule has 6 heteroatoms. The van der Waals surface area contributed by atoms with E-state index in [0.717, 1.165) is 9.13 Å².